The highest BCUT2D eigenvalue weighted by Crippen LogP contribution is 2.17. The molecule has 4 heteroatoms. The van der Waals surface area contributed by atoms with Gasteiger partial charge in [-0.15, -0.1) is 0 Å². The number of nitrogens with zero attached hydrogens (tertiary/aromatic N) is 2. The fourth-order valence-electron chi connectivity index (χ4n) is 2.34. The van der Waals surface area contributed by atoms with Gasteiger partial charge in [0.05, 0.1) is 7.11 Å². The van der Waals surface area contributed by atoms with E-state index < -0.39 is 0 Å². The van der Waals surface area contributed by atoms with Crippen molar-refractivity contribution in [3.63, 3.8) is 0 Å². The van der Waals surface area contributed by atoms with E-state index in [1.54, 1.807) is 13.3 Å². The molecule has 0 spiro atoms. The number of nitrogens with one attached hydrogen (secondary N) is 1. The van der Waals surface area contributed by atoms with E-state index in [9.17, 15) is 0 Å². The summed E-state index contributed by atoms with van der Waals surface area (Å²) in [5, 5.41) is 3.57. The van der Waals surface area contributed by atoms with Crippen LogP contribution in [-0.2, 0) is 6.54 Å². The Morgan fingerprint density at radius 2 is 2.41 bits per heavy atom. The Morgan fingerprint density at radius 1 is 1.59 bits per heavy atom. The maximum Gasteiger partial charge on any atom is 0.217 e. The lowest BCUT2D eigenvalue weighted by Crippen LogP contribution is -2.31. The number of ether oxygens (including phenoxy) is 1. The molecule has 1 aromatic rings. The van der Waals surface area contributed by atoms with Gasteiger partial charge in [0.1, 0.15) is 0 Å². The van der Waals surface area contributed by atoms with Crippen molar-refractivity contribution in [3.05, 3.63) is 23.9 Å². The van der Waals surface area contributed by atoms with E-state index in [4.69, 9.17) is 4.74 Å². The summed E-state index contributed by atoms with van der Waals surface area (Å²) in [6.07, 6.45) is 2.97. The van der Waals surface area contributed by atoms with Gasteiger partial charge in [0.25, 0.3) is 0 Å². The van der Waals surface area contributed by atoms with Crippen molar-refractivity contribution >= 4 is 0 Å². The molecule has 17 heavy (non-hydrogen) atoms. The van der Waals surface area contributed by atoms with Crippen LogP contribution in [0.3, 0.4) is 0 Å². The number of likely N-dealkylation sites (N-methyl/N-ethyl adjacent to an activating group) is 1. The van der Waals surface area contributed by atoms with Gasteiger partial charge in [-0.3, -0.25) is 0 Å². The summed E-state index contributed by atoms with van der Waals surface area (Å²) >= 11 is 0. The Hall–Kier alpha value is -1.13. The molecule has 2 heterocycles. The lowest BCUT2D eigenvalue weighted by molar-refractivity contribution is 0.326. The monoisotopic (exact) mass is 235 g/mol. The molecule has 94 valence electrons. The molecule has 0 aromatic carbocycles. The first-order valence-corrected chi connectivity index (χ1v) is 6.12. The van der Waals surface area contributed by atoms with Crippen LogP contribution in [-0.4, -0.2) is 42.7 Å². The highest BCUT2D eigenvalue weighted by atomic mass is 16.5. The fourth-order valence-corrected chi connectivity index (χ4v) is 2.34. The van der Waals surface area contributed by atoms with Crippen LogP contribution in [0.1, 0.15) is 18.9 Å². The van der Waals surface area contributed by atoms with Crippen LogP contribution in [0.4, 0.5) is 0 Å². The van der Waals surface area contributed by atoms with Gasteiger partial charge in [-0.05, 0) is 26.5 Å². The highest BCUT2D eigenvalue weighted by molar-refractivity contribution is 5.25. The van der Waals surface area contributed by atoms with Crippen LogP contribution in [0.2, 0.25) is 0 Å². The molecule has 0 aliphatic carbocycles. The normalized spacial score (nSPS) is 25.1. The average molecular weight is 235 g/mol. The molecule has 0 amide bonds. The van der Waals surface area contributed by atoms with Crippen molar-refractivity contribution in [1.82, 2.24) is 15.2 Å². The maximum atomic E-state index is 5.24. The summed E-state index contributed by atoms with van der Waals surface area (Å²) in [4.78, 5) is 6.59. The Bertz CT molecular complexity index is 359. The molecule has 4 nitrogen and oxygen atoms in total. The second-order valence-electron chi connectivity index (χ2n) is 4.77. The number of likely N-dealkylation sites (tertiary alicyclic amines) is 1. The third-order valence-corrected chi connectivity index (χ3v) is 3.51. The first-order chi connectivity index (χ1) is 8.20. The molecule has 1 aliphatic heterocycles. The third-order valence-electron chi connectivity index (χ3n) is 3.51. The zero-order valence-electron chi connectivity index (χ0n) is 10.8. The first kappa shape index (κ1) is 12.3. The fraction of sp³-hybridized carbons (Fsp3) is 0.615. The van der Waals surface area contributed by atoms with Crippen molar-refractivity contribution in [2.75, 3.05) is 20.7 Å². The molecule has 1 N–H and O–H groups in total. The predicted molar refractivity (Wildman–Crippen MR) is 68.1 cm³/mol. The van der Waals surface area contributed by atoms with Crippen molar-refractivity contribution < 1.29 is 4.74 Å². The van der Waals surface area contributed by atoms with Crippen LogP contribution in [0.25, 0.3) is 0 Å². The molecule has 1 aromatic heterocycles. The summed E-state index contributed by atoms with van der Waals surface area (Å²) in [6.45, 7) is 4.21. The standard InChI is InChI=1S/C13H21N3O/c1-10-7-12(9-16(10)2)15-8-11-5-4-6-14-13(11)17-3/h4-6,10,12,15H,7-9H2,1-3H3. The molecule has 2 unspecified atom stereocenters. The molecule has 0 saturated carbocycles. The summed E-state index contributed by atoms with van der Waals surface area (Å²) in [5.74, 6) is 0.722. The topological polar surface area (TPSA) is 37.4 Å². The Labute approximate surface area is 103 Å². The van der Waals surface area contributed by atoms with Gasteiger partial charge in [0.2, 0.25) is 5.88 Å². The second kappa shape index (κ2) is 5.47. The number of aromatic nitrogens is 1. The summed E-state index contributed by atoms with van der Waals surface area (Å²) in [7, 11) is 3.84. The van der Waals surface area contributed by atoms with Crippen molar-refractivity contribution in [1.29, 1.82) is 0 Å². The molecule has 2 rings (SSSR count). The summed E-state index contributed by atoms with van der Waals surface area (Å²) < 4.78 is 5.24. The number of hydrogen-bond donors (Lipinski definition) is 1. The van der Waals surface area contributed by atoms with Gasteiger partial charge in [0.15, 0.2) is 0 Å². The van der Waals surface area contributed by atoms with Gasteiger partial charge in [-0.25, -0.2) is 4.98 Å². The second-order valence-corrected chi connectivity index (χ2v) is 4.77. The molecule has 0 bridgehead atoms. The van der Waals surface area contributed by atoms with E-state index in [2.05, 4.69) is 35.2 Å². The molecule has 1 fully saturated rings. The van der Waals surface area contributed by atoms with E-state index >= 15 is 0 Å². The van der Waals surface area contributed by atoms with Crippen LogP contribution in [0.15, 0.2) is 18.3 Å². The quantitative estimate of drug-likeness (QED) is 0.853. The van der Waals surface area contributed by atoms with Crippen LogP contribution in [0, 0.1) is 0 Å². The van der Waals surface area contributed by atoms with E-state index in [0.717, 1.165) is 24.5 Å². The van der Waals surface area contributed by atoms with Gasteiger partial charge in [-0.1, -0.05) is 6.07 Å². The summed E-state index contributed by atoms with van der Waals surface area (Å²) in [5.41, 5.74) is 1.12. The van der Waals surface area contributed by atoms with Crippen LogP contribution in [0.5, 0.6) is 5.88 Å². The van der Waals surface area contributed by atoms with Gasteiger partial charge in [0, 0.05) is 36.9 Å². The molecule has 1 saturated heterocycles. The van der Waals surface area contributed by atoms with Crippen LogP contribution >= 0.6 is 0 Å². The van der Waals surface area contributed by atoms with Crippen molar-refractivity contribution in [2.45, 2.75) is 32.0 Å². The number of hydrogen-bond acceptors (Lipinski definition) is 4. The minimum atomic E-state index is 0.569. The predicted octanol–water partition coefficient (Wildman–Crippen LogP) is 1.27. The van der Waals surface area contributed by atoms with Crippen molar-refractivity contribution in [2.24, 2.45) is 0 Å². The largest absolute Gasteiger partial charge is 0.481 e. The smallest absolute Gasteiger partial charge is 0.217 e. The van der Waals surface area contributed by atoms with Crippen molar-refractivity contribution in [3.8, 4) is 5.88 Å². The highest BCUT2D eigenvalue weighted by Gasteiger charge is 2.25. The Morgan fingerprint density at radius 3 is 3.06 bits per heavy atom. The van der Waals surface area contributed by atoms with E-state index in [1.165, 1.54) is 6.42 Å². The Kier molecular flexibility index (Phi) is 3.97. The van der Waals surface area contributed by atoms with Crippen LogP contribution < -0.4 is 10.1 Å². The molecular formula is C13H21N3O. The Balaban J connectivity index is 1.90. The summed E-state index contributed by atoms with van der Waals surface area (Å²) in [6, 6.07) is 5.24. The zero-order chi connectivity index (χ0) is 12.3. The average Bonchev–Trinajstić information content (AvgIpc) is 2.66. The lowest BCUT2D eigenvalue weighted by Gasteiger charge is -2.14. The van der Waals surface area contributed by atoms with E-state index in [1.807, 2.05) is 6.07 Å². The zero-order valence-corrected chi connectivity index (χ0v) is 10.8. The van der Waals surface area contributed by atoms with E-state index in [-0.39, 0.29) is 0 Å². The third kappa shape index (κ3) is 2.96. The van der Waals surface area contributed by atoms with Gasteiger partial charge in [-0.2, -0.15) is 0 Å². The molecule has 0 radical (unpaired) electrons. The van der Waals surface area contributed by atoms with E-state index in [0.29, 0.717) is 12.1 Å². The number of rotatable bonds is 4. The minimum Gasteiger partial charge on any atom is -0.481 e. The lowest BCUT2D eigenvalue weighted by atomic mass is 10.2. The molecule has 2 atom stereocenters. The van der Waals surface area contributed by atoms with Gasteiger partial charge < -0.3 is 15.0 Å². The first-order valence-electron chi connectivity index (χ1n) is 6.12. The minimum absolute atomic E-state index is 0.569. The molecule has 1 aliphatic rings. The maximum absolute atomic E-state index is 5.24. The van der Waals surface area contributed by atoms with Gasteiger partial charge >= 0.3 is 0 Å². The number of methoxy groups -OCH3 is 1. The number of pyridine rings is 1. The molecular weight excluding hydrogens is 214 g/mol. The SMILES string of the molecule is COc1ncccc1CNC1CC(C)N(C)C1.